The average molecular weight is 399 g/mol. The highest BCUT2D eigenvalue weighted by molar-refractivity contribution is 5.91. The van der Waals surface area contributed by atoms with Gasteiger partial charge in [-0.2, -0.15) is 0 Å². The normalized spacial score (nSPS) is 19.4. The minimum atomic E-state index is 0.422. The minimum Gasteiger partial charge on any atom is -0.342 e. The van der Waals surface area contributed by atoms with Gasteiger partial charge in [0.05, 0.1) is 5.70 Å². The molecule has 0 saturated carbocycles. The number of likely N-dealkylation sites (tertiary alicyclic amines) is 1. The summed E-state index contributed by atoms with van der Waals surface area (Å²) in [4.78, 5) is 13.6. The Morgan fingerprint density at radius 3 is 2.77 bits per heavy atom. The summed E-state index contributed by atoms with van der Waals surface area (Å²) in [6, 6.07) is 12.8. The standard InChI is InChI=1S/C26H30N4/c1-5-21-8-6-9-23(17-21)20(3)24-10-7-15-30(18-24)26-28-25(16-19(2)29(26)4)22-11-13-27-14-12-22/h6,8-9,11-14,16-17,24H,2-3,5,7,10,15,18H2,1,4H3. The molecular formula is C26H30N4. The zero-order valence-corrected chi connectivity index (χ0v) is 18.0. The van der Waals surface area contributed by atoms with E-state index in [1.165, 1.54) is 16.7 Å². The monoisotopic (exact) mass is 398 g/mol. The van der Waals surface area contributed by atoms with E-state index in [4.69, 9.17) is 4.99 Å². The van der Waals surface area contributed by atoms with Crippen LogP contribution in [0.4, 0.5) is 0 Å². The van der Waals surface area contributed by atoms with E-state index in [0.717, 1.165) is 55.3 Å². The molecule has 0 spiro atoms. The lowest BCUT2D eigenvalue weighted by Crippen LogP contribution is -2.47. The number of guanidine groups is 1. The van der Waals surface area contributed by atoms with Crippen LogP contribution in [-0.2, 0) is 6.42 Å². The number of likely N-dealkylation sites (N-methyl/N-ethyl adjacent to an activating group) is 1. The molecule has 4 nitrogen and oxygen atoms in total. The lowest BCUT2D eigenvalue weighted by atomic mass is 9.86. The Morgan fingerprint density at radius 2 is 2.00 bits per heavy atom. The molecule has 0 radical (unpaired) electrons. The molecule has 1 aromatic carbocycles. The van der Waals surface area contributed by atoms with Crippen LogP contribution in [0.5, 0.6) is 0 Å². The molecule has 0 amide bonds. The van der Waals surface area contributed by atoms with Gasteiger partial charge >= 0.3 is 0 Å². The number of benzene rings is 1. The van der Waals surface area contributed by atoms with E-state index >= 15 is 0 Å². The molecule has 1 saturated heterocycles. The molecule has 1 aromatic heterocycles. The Balaban J connectivity index is 1.57. The smallest absolute Gasteiger partial charge is 0.206 e. The summed E-state index contributed by atoms with van der Waals surface area (Å²) in [5.74, 6) is 1.39. The molecule has 154 valence electrons. The van der Waals surface area contributed by atoms with E-state index in [2.05, 4.69) is 59.1 Å². The fourth-order valence-electron chi connectivity index (χ4n) is 4.22. The van der Waals surface area contributed by atoms with Crippen LogP contribution < -0.4 is 0 Å². The van der Waals surface area contributed by atoms with Crippen molar-refractivity contribution in [1.29, 1.82) is 0 Å². The zero-order chi connectivity index (χ0) is 21.1. The van der Waals surface area contributed by atoms with Gasteiger partial charge in [0.1, 0.15) is 0 Å². The van der Waals surface area contributed by atoms with Gasteiger partial charge in [-0.25, -0.2) is 4.99 Å². The number of aromatic nitrogens is 1. The highest BCUT2D eigenvalue weighted by Gasteiger charge is 2.29. The fraction of sp³-hybridized carbons (Fsp3) is 0.308. The summed E-state index contributed by atoms with van der Waals surface area (Å²) >= 11 is 0. The van der Waals surface area contributed by atoms with Crippen LogP contribution in [0.1, 0.15) is 36.5 Å². The molecule has 0 bridgehead atoms. The van der Waals surface area contributed by atoms with Crippen LogP contribution >= 0.6 is 0 Å². The van der Waals surface area contributed by atoms with Crippen LogP contribution in [-0.4, -0.2) is 40.9 Å². The molecule has 0 N–H and O–H groups in total. The number of piperidine rings is 1. The van der Waals surface area contributed by atoms with Crippen molar-refractivity contribution in [3.05, 3.63) is 90.4 Å². The third-order valence-corrected chi connectivity index (χ3v) is 6.13. The van der Waals surface area contributed by atoms with Crippen LogP contribution in [0.2, 0.25) is 0 Å². The Bertz CT molecular complexity index is 1000. The lowest BCUT2D eigenvalue weighted by Gasteiger charge is -2.40. The van der Waals surface area contributed by atoms with Crippen LogP contribution in [0.15, 0.2) is 78.7 Å². The van der Waals surface area contributed by atoms with Gasteiger partial charge in [-0.05, 0) is 54.2 Å². The highest BCUT2D eigenvalue weighted by Crippen LogP contribution is 2.32. The summed E-state index contributed by atoms with van der Waals surface area (Å²) in [5.41, 5.74) is 6.81. The average Bonchev–Trinajstić information content (AvgIpc) is 2.81. The van der Waals surface area contributed by atoms with Crippen LogP contribution in [0, 0.1) is 5.92 Å². The van der Waals surface area contributed by atoms with Crippen LogP contribution in [0.3, 0.4) is 0 Å². The minimum absolute atomic E-state index is 0.422. The molecule has 4 heteroatoms. The first-order valence-electron chi connectivity index (χ1n) is 10.7. The molecule has 1 unspecified atom stereocenters. The number of aliphatic imine (C=N–C) groups is 1. The predicted molar refractivity (Wildman–Crippen MR) is 126 cm³/mol. The number of hydrogen-bond acceptors (Lipinski definition) is 4. The molecule has 2 aliphatic heterocycles. The highest BCUT2D eigenvalue weighted by atomic mass is 15.4. The Morgan fingerprint density at radius 1 is 1.20 bits per heavy atom. The first-order chi connectivity index (χ1) is 14.6. The van der Waals surface area contributed by atoms with Crippen molar-refractivity contribution in [3.8, 4) is 0 Å². The molecule has 0 aliphatic carbocycles. The maximum absolute atomic E-state index is 5.01. The topological polar surface area (TPSA) is 31.7 Å². The summed E-state index contributed by atoms with van der Waals surface area (Å²) < 4.78 is 0. The van der Waals surface area contributed by atoms with E-state index in [-0.39, 0.29) is 0 Å². The van der Waals surface area contributed by atoms with E-state index in [1.807, 2.05) is 25.3 Å². The van der Waals surface area contributed by atoms with Crippen molar-refractivity contribution in [2.75, 3.05) is 20.1 Å². The van der Waals surface area contributed by atoms with E-state index in [0.29, 0.717) is 5.92 Å². The number of pyridine rings is 1. The Labute approximate surface area is 180 Å². The maximum atomic E-state index is 5.01. The van der Waals surface area contributed by atoms with Crippen LogP contribution in [0.25, 0.3) is 11.3 Å². The Hall–Kier alpha value is -3.14. The van der Waals surface area contributed by atoms with Crippen molar-refractivity contribution in [3.63, 3.8) is 0 Å². The van der Waals surface area contributed by atoms with Crippen molar-refractivity contribution >= 4 is 17.2 Å². The third kappa shape index (κ3) is 4.09. The molecule has 1 atom stereocenters. The lowest BCUT2D eigenvalue weighted by molar-refractivity contribution is 0.275. The second-order valence-corrected chi connectivity index (χ2v) is 8.09. The van der Waals surface area contributed by atoms with Gasteiger partial charge in [0.15, 0.2) is 0 Å². The summed E-state index contributed by atoms with van der Waals surface area (Å²) in [7, 11) is 2.05. The molecule has 4 rings (SSSR count). The molecule has 30 heavy (non-hydrogen) atoms. The number of aryl methyl sites for hydroxylation is 1. The van der Waals surface area contributed by atoms with Crippen molar-refractivity contribution in [2.45, 2.75) is 26.2 Å². The molecule has 3 heterocycles. The SMILES string of the molecule is C=C(c1cccc(CC)c1)C1CCCN(C2=NC(c3ccncc3)=CC(=C)N2C)C1. The van der Waals surface area contributed by atoms with E-state index in [1.54, 1.807) is 12.4 Å². The van der Waals surface area contributed by atoms with Gasteiger partial charge in [0.2, 0.25) is 5.96 Å². The van der Waals surface area contributed by atoms with Gasteiger partial charge in [-0.15, -0.1) is 0 Å². The fourth-order valence-corrected chi connectivity index (χ4v) is 4.22. The van der Waals surface area contributed by atoms with E-state index < -0.39 is 0 Å². The number of rotatable bonds is 4. The van der Waals surface area contributed by atoms with Gasteiger partial charge in [-0.3, -0.25) is 4.98 Å². The summed E-state index contributed by atoms with van der Waals surface area (Å²) in [6.07, 6.45) is 8.98. The molecule has 2 aromatic rings. The second-order valence-electron chi connectivity index (χ2n) is 8.09. The first kappa shape index (κ1) is 20.1. The van der Waals surface area contributed by atoms with Crippen molar-refractivity contribution in [2.24, 2.45) is 10.9 Å². The molecular weight excluding hydrogens is 368 g/mol. The van der Waals surface area contributed by atoms with Gasteiger partial charge in [0, 0.05) is 49.7 Å². The van der Waals surface area contributed by atoms with Gasteiger partial charge in [-0.1, -0.05) is 44.3 Å². The number of allylic oxidation sites excluding steroid dienone is 1. The van der Waals surface area contributed by atoms with Gasteiger partial charge in [0.25, 0.3) is 0 Å². The zero-order valence-electron chi connectivity index (χ0n) is 18.0. The maximum Gasteiger partial charge on any atom is 0.206 e. The number of hydrogen-bond donors (Lipinski definition) is 0. The summed E-state index contributed by atoms with van der Waals surface area (Å²) in [6.45, 7) is 12.9. The van der Waals surface area contributed by atoms with Crippen molar-refractivity contribution < 1.29 is 0 Å². The largest absolute Gasteiger partial charge is 0.342 e. The quantitative estimate of drug-likeness (QED) is 0.707. The number of nitrogens with zero attached hydrogens (tertiary/aromatic N) is 4. The van der Waals surface area contributed by atoms with Crippen molar-refractivity contribution in [1.82, 2.24) is 14.8 Å². The third-order valence-electron chi connectivity index (χ3n) is 6.13. The predicted octanol–water partition coefficient (Wildman–Crippen LogP) is 5.23. The van der Waals surface area contributed by atoms with Gasteiger partial charge < -0.3 is 9.80 Å². The second kappa shape index (κ2) is 8.70. The molecule has 2 aliphatic rings. The first-order valence-corrected chi connectivity index (χ1v) is 10.7. The van der Waals surface area contributed by atoms with E-state index in [9.17, 15) is 0 Å². The molecule has 1 fully saturated rings. The Kier molecular flexibility index (Phi) is 5.84. The summed E-state index contributed by atoms with van der Waals surface area (Å²) in [5, 5.41) is 0.